The van der Waals surface area contributed by atoms with Crippen molar-refractivity contribution >= 4 is 0 Å². The third-order valence-corrected chi connectivity index (χ3v) is 8.14. The Morgan fingerprint density at radius 2 is 1.49 bits per heavy atom. The SMILES string of the molecule is CC1=C(/C=C(C)/C(C)=C/COC2O[C@H](CO)[C@@H](OC3O[C@H](CO)[C@@H](O)[C@H](O)[C@H]3O)[C@H](O)[C@H]2O)C(C)(C)CCC1. The minimum absolute atomic E-state index is 0.0727. The Hall–Kier alpha value is -1.22. The fraction of sp³-hybridized carbons (Fsp3) is 0.786. The molecule has 7 N–H and O–H groups in total. The zero-order valence-corrected chi connectivity index (χ0v) is 23.4. The minimum Gasteiger partial charge on any atom is -0.394 e. The van der Waals surface area contributed by atoms with Gasteiger partial charge in [0.2, 0.25) is 0 Å². The highest BCUT2D eigenvalue weighted by Gasteiger charge is 2.50. The van der Waals surface area contributed by atoms with Crippen LogP contribution in [0, 0.1) is 5.41 Å². The van der Waals surface area contributed by atoms with Gasteiger partial charge in [0.25, 0.3) is 0 Å². The molecule has 2 heterocycles. The van der Waals surface area contributed by atoms with E-state index in [9.17, 15) is 35.7 Å². The normalized spacial score (nSPS) is 40.2. The molecule has 3 rings (SSSR count). The Balaban J connectivity index is 1.63. The summed E-state index contributed by atoms with van der Waals surface area (Å²) in [6, 6.07) is 0. The quantitative estimate of drug-likeness (QED) is 0.190. The summed E-state index contributed by atoms with van der Waals surface area (Å²) < 4.78 is 22.2. The summed E-state index contributed by atoms with van der Waals surface area (Å²) in [4.78, 5) is 0. The van der Waals surface area contributed by atoms with Crippen LogP contribution >= 0.6 is 0 Å². The summed E-state index contributed by atoms with van der Waals surface area (Å²) in [5, 5.41) is 70.8. The standard InChI is InChI=1S/C28H46O11/c1-14(16(3)11-17-15(2)7-6-9-28(17,4)5)8-10-36-26-24(35)22(33)25(19(13-30)38-26)39-27-23(34)21(32)20(31)18(12-29)37-27/h8,11,18-27,29-35H,6-7,9-10,12-13H2,1-5H3/b14-8+,16-11+/t18-,19-,20-,21+,22-,23-,24-,25-,26?,27?/m1/s1. The van der Waals surface area contributed by atoms with Crippen LogP contribution in [-0.4, -0.2) is 117 Å². The van der Waals surface area contributed by atoms with Gasteiger partial charge in [-0.3, -0.25) is 0 Å². The Morgan fingerprint density at radius 1 is 0.872 bits per heavy atom. The number of rotatable bonds is 9. The Morgan fingerprint density at radius 3 is 2.10 bits per heavy atom. The maximum atomic E-state index is 10.7. The first-order valence-electron chi connectivity index (χ1n) is 13.6. The molecule has 0 bridgehead atoms. The number of aliphatic hydroxyl groups excluding tert-OH is 7. The van der Waals surface area contributed by atoms with E-state index in [-0.39, 0.29) is 12.0 Å². The van der Waals surface area contributed by atoms with Crippen molar-refractivity contribution in [2.45, 2.75) is 115 Å². The number of hydrogen-bond donors (Lipinski definition) is 7. The van der Waals surface area contributed by atoms with E-state index in [1.807, 2.05) is 19.9 Å². The predicted octanol–water partition coefficient (Wildman–Crippen LogP) is 0.0463. The van der Waals surface area contributed by atoms with Gasteiger partial charge < -0.3 is 54.7 Å². The number of allylic oxidation sites excluding steroid dienone is 5. The molecular weight excluding hydrogens is 512 g/mol. The van der Waals surface area contributed by atoms with Crippen LogP contribution in [0.1, 0.15) is 53.9 Å². The Bertz CT molecular complexity index is 909. The van der Waals surface area contributed by atoms with E-state index >= 15 is 0 Å². The first kappa shape index (κ1) is 32.3. The van der Waals surface area contributed by atoms with E-state index in [0.717, 1.165) is 24.0 Å². The molecule has 3 aliphatic rings. The van der Waals surface area contributed by atoms with Gasteiger partial charge in [0.05, 0.1) is 19.8 Å². The predicted molar refractivity (Wildman–Crippen MR) is 140 cm³/mol. The van der Waals surface area contributed by atoms with Gasteiger partial charge in [-0.05, 0) is 62.2 Å². The summed E-state index contributed by atoms with van der Waals surface area (Å²) in [6.07, 6.45) is -7.27. The Kier molecular flexibility index (Phi) is 11.3. The first-order chi connectivity index (χ1) is 18.3. The number of ether oxygens (including phenoxy) is 4. The second-order valence-corrected chi connectivity index (χ2v) is 11.5. The highest BCUT2D eigenvalue weighted by atomic mass is 16.7. The van der Waals surface area contributed by atoms with Gasteiger partial charge in [-0.1, -0.05) is 31.6 Å². The van der Waals surface area contributed by atoms with Crippen LogP contribution in [0.4, 0.5) is 0 Å². The lowest BCUT2D eigenvalue weighted by molar-refractivity contribution is -0.358. The van der Waals surface area contributed by atoms with Crippen LogP contribution in [0.25, 0.3) is 0 Å². The lowest BCUT2D eigenvalue weighted by Gasteiger charge is -2.45. The van der Waals surface area contributed by atoms with Gasteiger partial charge in [0.15, 0.2) is 12.6 Å². The average molecular weight is 559 g/mol. The van der Waals surface area contributed by atoms with E-state index in [1.165, 1.54) is 17.6 Å². The second kappa shape index (κ2) is 13.6. The third-order valence-electron chi connectivity index (χ3n) is 8.14. The van der Waals surface area contributed by atoms with Crippen molar-refractivity contribution in [3.05, 3.63) is 34.4 Å². The van der Waals surface area contributed by atoms with Gasteiger partial charge in [0, 0.05) is 0 Å². The molecule has 0 radical (unpaired) electrons. The lowest BCUT2D eigenvalue weighted by atomic mass is 9.72. The largest absolute Gasteiger partial charge is 0.394 e. The number of hydrogen-bond acceptors (Lipinski definition) is 11. The molecule has 0 aromatic rings. The van der Waals surface area contributed by atoms with E-state index in [4.69, 9.17) is 18.9 Å². The van der Waals surface area contributed by atoms with Gasteiger partial charge >= 0.3 is 0 Å². The molecule has 2 unspecified atom stereocenters. The minimum atomic E-state index is -1.72. The molecular formula is C28H46O11. The molecule has 39 heavy (non-hydrogen) atoms. The summed E-state index contributed by atoms with van der Waals surface area (Å²) in [7, 11) is 0. The van der Waals surface area contributed by atoms with Crippen LogP contribution in [0.3, 0.4) is 0 Å². The molecule has 2 fully saturated rings. The molecule has 0 aromatic heterocycles. The molecule has 224 valence electrons. The monoisotopic (exact) mass is 558 g/mol. The van der Waals surface area contributed by atoms with E-state index in [2.05, 4.69) is 26.8 Å². The molecule has 0 saturated carbocycles. The first-order valence-corrected chi connectivity index (χ1v) is 13.6. The van der Waals surface area contributed by atoms with Crippen LogP contribution in [0.5, 0.6) is 0 Å². The average Bonchev–Trinajstić information content (AvgIpc) is 2.89. The molecule has 10 atom stereocenters. The molecule has 0 amide bonds. The maximum absolute atomic E-state index is 10.7. The molecule has 2 aliphatic heterocycles. The smallest absolute Gasteiger partial charge is 0.187 e. The highest BCUT2D eigenvalue weighted by Crippen LogP contribution is 2.41. The number of aliphatic hydroxyl groups is 7. The van der Waals surface area contributed by atoms with Crippen LogP contribution < -0.4 is 0 Å². The molecule has 0 spiro atoms. The van der Waals surface area contributed by atoms with E-state index in [1.54, 1.807) is 0 Å². The van der Waals surface area contributed by atoms with Crippen molar-refractivity contribution in [1.29, 1.82) is 0 Å². The zero-order valence-electron chi connectivity index (χ0n) is 23.4. The fourth-order valence-electron chi connectivity index (χ4n) is 5.41. The van der Waals surface area contributed by atoms with Crippen molar-refractivity contribution in [1.82, 2.24) is 0 Å². The van der Waals surface area contributed by atoms with Crippen LogP contribution in [0.2, 0.25) is 0 Å². The van der Waals surface area contributed by atoms with Gasteiger partial charge in [-0.15, -0.1) is 0 Å². The zero-order chi connectivity index (χ0) is 29.1. The summed E-state index contributed by atoms with van der Waals surface area (Å²) in [6.45, 7) is 9.50. The summed E-state index contributed by atoms with van der Waals surface area (Å²) in [5.74, 6) is 0. The van der Waals surface area contributed by atoms with Crippen molar-refractivity contribution in [3.63, 3.8) is 0 Å². The van der Waals surface area contributed by atoms with E-state index < -0.39 is 74.6 Å². The lowest BCUT2D eigenvalue weighted by Crippen LogP contribution is -2.64. The highest BCUT2D eigenvalue weighted by molar-refractivity contribution is 5.40. The molecule has 0 aromatic carbocycles. The fourth-order valence-corrected chi connectivity index (χ4v) is 5.41. The molecule has 11 heteroatoms. The topological polar surface area (TPSA) is 179 Å². The van der Waals surface area contributed by atoms with Crippen LogP contribution in [0.15, 0.2) is 34.4 Å². The summed E-state index contributed by atoms with van der Waals surface area (Å²) in [5.41, 5.74) is 4.95. The molecule has 1 aliphatic carbocycles. The van der Waals surface area contributed by atoms with Gasteiger partial charge in [0.1, 0.15) is 48.8 Å². The van der Waals surface area contributed by atoms with Crippen molar-refractivity contribution < 1.29 is 54.7 Å². The van der Waals surface area contributed by atoms with Crippen molar-refractivity contribution in [3.8, 4) is 0 Å². The molecule has 2 saturated heterocycles. The molecule has 11 nitrogen and oxygen atoms in total. The van der Waals surface area contributed by atoms with E-state index in [0.29, 0.717) is 0 Å². The van der Waals surface area contributed by atoms with Crippen molar-refractivity contribution in [2.24, 2.45) is 5.41 Å². The third kappa shape index (κ3) is 7.35. The second-order valence-electron chi connectivity index (χ2n) is 11.5. The van der Waals surface area contributed by atoms with Crippen molar-refractivity contribution in [2.75, 3.05) is 19.8 Å². The van der Waals surface area contributed by atoms with Crippen LogP contribution in [-0.2, 0) is 18.9 Å². The Labute approximate surface area is 230 Å². The maximum Gasteiger partial charge on any atom is 0.187 e. The summed E-state index contributed by atoms with van der Waals surface area (Å²) >= 11 is 0. The van der Waals surface area contributed by atoms with Gasteiger partial charge in [-0.2, -0.15) is 0 Å². The van der Waals surface area contributed by atoms with Gasteiger partial charge in [-0.25, -0.2) is 0 Å².